The number of piperidine rings is 1. The molecule has 3 heterocycles. The van der Waals surface area contributed by atoms with Crippen LogP contribution in [-0.2, 0) is 0 Å². The lowest BCUT2D eigenvalue weighted by molar-refractivity contribution is 0.246. The molecule has 23 heavy (non-hydrogen) atoms. The molecule has 1 atom stereocenters. The number of rotatable bonds is 2. The summed E-state index contributed by atoms with van der Waals surface area (Å²) in [5.74, 6) is 1.08. The van der Waals surface area contributed by atoms with Crippen molar-refractivity contribution in [3.63, 3.8) is 0 Å². The van der Waals surface area contributed by atoms with Crippen molar-refractivity contribution >= 4 is 5.65 Å². The Bertz CT molecular complexity index is 842. The summed E-state index contributed by atoms with van der Waals surface area (Å²) in [6.45, 7) is 2.15. The fourth-order valence-electron chi connectivity index (χ4n) is 3.29. The molecular formula is C18H19FN4. The van der Waals surface area contributed by atoms with Crippen molar-refractivity contribution in [3.8, 4) is 11.1 Å². The monoisotopic (exact) mass is 310 g/mol. The fourth-order valence-corrected chi connectivity index (χ4v) is 3.29. The molecule has 4 nitrogen and oxygen atoms in total. The van der Waals surface area contributed by atoms with Gasteiger partial charge in [0, 0.05) is 24.2 Å². The van der Waals surface area contributed by atoms with E-state index in [0.717, 1.165) is 42.1 Å². The predicted molar refractivity (Wildman–Crippen MR) is 87.9 cm³/mol. The van der Waals surface area contributed by atoms with Crippen LogP contribution in [0.2, 0.25) is 0 Å². The number of fused-ring (bicyclic) bond motifs is 1. The highest BCUT2D eigenvalue weighted by Gasteiger charge is 2.22. The Balaban J connectivity index is 1.69. The molecule has 2 aromatic heterocycles. The minimum Gasteiger partial charge on any atom is -0.306 e. The largest absolute Gasteiger partial charge is 0.306 e. The van der Waals surface area contributed by atoms with Crippen LogP contribution in [0.3, 0.4) is 0 Å². The van der Waals surface area contributed by atoms with Gasteiger partial charge in [0.1, 0.15) is 5.82 Å². The number of pyridine rings is 1. The van der Waals surface area contributed by atoms with Gasteiger partial charge in [0.15, 0.2) is 11.5 Å². The van der Waals surface area contributed by atoms with Crippen LogP contribution >= 0.6 is 0 Å². The molecule has 0 amide bonds. The van der Waals surface area contributed by atoms with Crippen LogP contribution in [0, 0.1) is 5.82 Å². The van der Waals surface area contributed by atoms with Gasteiger partial charge in [0.2, 0.25) is 0 Å². The number of hydrogen-bond donors (Lipinski definition) is 0. The smallest absolute Gasteiger partial charge is 0.156 e. The van der Waals surface area contributed by atoms with Gasteiger partial charge in [0.05, 0.1) is 0 Å². The molecule has 4 rings (SSSR count). The zero-order valence-electron chi connectivity index (χ0n) is 13.1. The molecule has 0 radical (unpaired) electrons. The second-order valence-corrected chi connectivity index (χ2v) is 6.30. The normalized spacial score (nSPS) is 19.3. The van der Waals surface area contributed by atoms with Crippen molar-refractivity contribution in [2.24, 2.45) is 0 Å². The molecule has 0 aliphatic carbocycles. The van der Waals surface area contributed by atoms with Gasteiger partial charge in [-0.15, -0.1) is 0 Å². The summed E-state index contributed by atoms with van der Waals surface area (Å²) in [6, 6.07) is 10.5. The van der Waals surface area contributed by atoms with E-state index in [1.165, 1.54) is 18.6 Å². The molecule has 1 aromatic carbocycles. The molecule has 0 spiro atoms. The maximum Gasteiger partial charge on any atom is 0.156 e. The second-order valence-electron chi connectivity index (χ2n) is 6.30. The lowest BCUT2D eigenvalue weighted by Crippen LogP contribution is -2.31. The van der Waals surface area contributed by atoms with Gasteiger partial charge in [-0.25, -0.2) is 13.9 Å². The van der Waals surface area contributed by atoms with E-state index in [-0.39, 0.29) is 5.82 Å². The summed E-state index contributed by atoms with van der Waals surface area (Å²) < 4.78 is 15.2. The van der Waals surface area contributed by atoms with Crippen LogP contribution in [-0.4, -0.2) is 39.6 Å². The second kappa shape index (κ2) is 5.74. The third kappa shape index (κ3) is 2.84. The van der Waals surface area contributed by atoms with E-state index in [4.69, 9.17) is 0 Å². The van der Waals surface area contributed by atoms with Crippen molar-refractivity contribution in [1.29, 1.82) is 0 Å². The van der Waals surface area contributed by atoms with E-state index in [1.54, 1.807) is 6.07 Å². The maximum atomic E-state index is 13.4. The Morgan fingerprint density at radius 2 is 2.09 bits per heavy atom. The van der Waals surface area contributed by atoms with Gasteiger partial charge in [-0.3, -0.25) is 0 Å². The molecule has 5 heteroatoms. The summed E-state index contributed by atoms with van der Waals surface area (Å²) in [6.07, 6.45) is 4.25. The fraction of sp³-hybridized carbons (Fsp3) is 0.333. The Labute approximate surface area is 134 Å². The number of aromatic nitrogens is 3. The van der Waals surface area contributed by atoms with Crippen LogP contribution in [0.4, 0.5) is 4.39 Å². The first kappa shape index (κ1) is 14.3. The van der Waals surface area contributed by atoms with E-state index in [2.05, 4.69) is 22.0 Å². The predicted octanol–water partition coefficient (Wildman–Crippen LogP) is 3.34. The van der Waals surface area contributed by atoms with Gasteiger partial charge < -0.3 is 4.90 Å². The highest BCUT2D eigenvalue weighted by atomic mass is 19.1. The van der Waals surface area contributed by atoms with E-state index in [9.17, 15) is 4.39 Å². The topological polar surface area (TPSA) is 33.4 Å². The number of likely N-dealkylation sites (tertiary alicyclic amines) is 1. The van der Waals surface area contributed by atoms with Crippen molar-refractivity contribution in [2.75, 3.05) is 20.1 Å². The number of likely N-dealkylation sites (N-methyl/N-ethyl adjacent to an activating group) is 1. The van der Waals surface area contributed by atoms with Crippen molar-refractivity contribution in [2.45, 2.75) is 18.8 Å². The first-order valence-electron chi connectivity index (χ1n) is 8.00. The Morgan fingerprint density at radius 3 is 2.91 bits per heavy atom. The average molecular weight is 310 g/mol. The third-order valence-corrected chi connectivity index (χ3v) is 4.49. The lowest BCUT2D eigenvalue weighted by atomic mass is 9.98. The van der Waals surface area contributed by atoms with Gasteiger partial charge in [0.25, 0.3) is 0 Å². The highest BCUT2D eigenvalue weighted by molar-refractivity contribution is 5.64. The quantitative estimate of drug-likeness (QED) is 0.728. The molecule has 0 N–H and O–H groups in total. The zero-order chi connectivity index (χ0) is 15.8. The SMILES string of the molecule is CN1CCCC(c2nc3ccc(-c4cccc(F)c4)cn3n2)C1. The summed E-state index contributed by atoms with van der Waals surface area (Å²) in [5.41, 5.74) is 2.63. The van der Waals surface area contributed by atoms with Crippen molar-refractivity contribution in [3.05, 3.63) is 54.2 Å². The summed E-state index contributed by atoms with van der Waals surface area (Å²) in [7, 11) is 2.14. The minimum absolute atomic E-state index is 0.230. The Morgan fingerprint density at radius 1 is 1.17 bits per heavy atom. The number of benzene rings is 1. The molecule has 1 aliphatic rings. The van der Waals surface area contributed by atoms with E-state index >= 15 is 0 Å². The number of nitrogens with zero attached hydrogens (tertiary/aromatic N) is 4. The first-order chi connectivity index (χ1) is 11.2. The van der Waals surface area contributed by atoms with E-state index in [0.29, 0.717) is 5.92 Å². The van der Waals surface area contributed by atoms with Gasteiger partial charge in [-0.1, -0.05) is 12.1 Å². The standard InChI is InChI=1S/C18H19FN4/c1-22-9-3-5-15(11-22)18-20-17-8-7-14(12-23(17)21-18)13-4-2-6-16(19)10-13/h2,4,6-8,10,12,15H,3,5,9,11H2,1H3. The molecule has 0 bridgehead atoms. The molecule has 118 valence electrons. The van der Waals surface area contributed by atoms with Crippen molar-refractivity contribution in [1.82, 2.24) is 19.5 Å². The number of halogens is 1. The van der Waals surface area contributed by atoms with E-state index in [1.807, 2.05) is 28.9 Å². The molecule has 0 saturated carbocycles. The molecule has 1 saturated heterocycles. The van der Waals surface area contributed by atoms with Crippen molar-refractivity contribution < 1.29 is 4.39 Å². The highest BCUT2D eigenvalue weighted by Crippen LogP contribution is 2.25. The molecular weight excluding hydrogens is 291 g/mol. The summed E-state index contributed by atoms with van der Waals surface area (Å²) in [5, 5.41) is 4.66. The zero-order valence-corrected chi connectivity index (χ0v) is 13.1. The van der Waals surface area contributed by atoms with Crippen LogP contribution in [0.15, 0.2) is 42.6 Å². The lowest BCUT2D eigenvalue weighted by Gasteiger charge is -2.27. The van der Waals surface area contributed by atoms with E-state index < -0.39 is 0 Å². The first-order valence-corrected chi connectivity index (χ1v) is 8.00. The summed E-state index contributed by atoms with van der Waals surface area (Å²) in [4.78, 5) is 7.01. The summed E-state index contributed by atoms with van der Waals surface area (Å²) >= 11 is 0. The number of hydrogen-bond acceptors (Lipinski definition) is 3. The van der Waals surface area contributed by atoms with Gasteiger partial charge in [-0.05, 0) is 56.3 Å². The van der Waals surface area contributed by atoms with Crippen LogP contribution in [0.1, 0.15) is 24.6 Å². The van der Waals surface area contributed by atoms with Gasteiger partial charge in [-0.2, -0.15) is 5.10 Å². The Hall–Kier alpha value is -2.27. The van der Waals surface area contributed by atoms with Crippen LogP contribution in [0.5, 0.6) is 0 Å². The molecule has 3 aromatic rings. The van der Waals surface area contributed by atoms with Crippen LogP contribution in [0.25, 0.3) is 16.8 Å². The van der Waals surface area contributed by atoms with Gasteiger partial charge >= 0.3 is 0 Å². The molecule has 1 unspecified atom stereocenters. The minimum atomic E-state index is -0.230. The average Bonchev–Trinajstić information content (AvgIpc) is 2.98. The molecule has 1 fully saturated rings. The Kier molecular flexibility index (Phi) is 3.58. The van der Waals surface area contributed by atoms with Crippen LogP contribution < -0.4 is 0 Å². The maximum absolute atomic E-state index is 13.4. The molecule has 1 aliphatic heterocycles. The third-order valence-electron chi connectivity index (χ3n) is 4.49.